The first kappa shape index (κ1) is 7.62. The summed E-state index contributed by atoms with van der Waals surface area (Å²) in [5.74, 6) is 0.162. The molecule has 4 nitrogen and oxygen atoms in total. The van der Waals surface area contributed by atoms with Gasteiger partial charge in [-0.3, -0.25) is 4.68 Å². The van der Waals surface area contributed by atoms with Crippen LogP contribution in [0.2, 0.25) is 0 Å². The van der Waals surface area contributed by atoms with Crippen LogP contribution in [-0.2, 0) is 7.05 Å². The Kier molecular flexibility index (Phi) is 1.46. The number of phenolic OH excluding ortho intramolecular Hbond substituents is 1. The van der Waals surface area contributed by atoms with E-state index in [1.165, 1.54) is 10.7 Å². The Morgan fingerprint density at radius 3 is 3.00 bits per heavy atom. The summed E-state index contributed by atoms with van der Waals surface area (Å²) in [5, 5.41) is 22.8. The van der Waals surface area contributed by atoms with E-state index in [0.717, 1.165) is 5.39 Å². The van der Waals surface area contributed by atoms with Crippen LogP contribution in [0.4, 0.5) is 0 Å². The van der Waals surface area contributed by atoms with Crippen LogP contribution in [0, 0.1) is 11.3 Å². The highest BCUT2D eigenvalue weighted by molar-refractivity contribution is 5.84. The van der Waals surface area contributed by atoms with Crippen molar-refractivity contribution in [1.82, 2.24) is 9.78 Å². The second-order valence-electron chi connectivity index (χ2n) is 2.79. The maximum absolute atomic E-state index is 9.17. The van der Waals surface area contributed by atoms with Gasteiger partial charge in [0.25, 0.3) is 0 Å². The Bertz CT molecular complexity index is 507. The molecule has 0 amide bonds. The number of aromatic hydroxyl groups is 1. The summed E-state index contributed by atoms with van der Waals surface area (Å²) in [6.07, 6.45) is 0. The molecule has 0 bridgehead atoms. The van der Waals surface area contributed by atoms with Crippen molar-refractivity contribution >= 4 is 10.9 Å². The molecule has 4 heteroatoms. The van der Waals surface area contributed by atoms with Gasteiger partial charge in [0.2, 0.25) is 0 Å². The lowest BCUT2D eigenvalue weighted by molar-refractivity contribution is 0.476. The molecule has 0 aliphatic rings. The van der Waals surface area contributed by atoms with Crippen LogP contribution in [0.1, 0.15) is 5.69 Å². The molecule has 0 saturated heterocycles. The van der Waals surface area contributed by atoms with Crippen LogP contribution in [0.3, 0.4) is 0 Å². The summed E-state index contributed by atoms with van der Waals surface area (Å²) in [7, 11) is 1.70. The van der Waals surface area contributed by atoms with Crippen molar-refractivity contribution in [2.75, 3.05) is 0 Å². The minimum Gasteiger partial charge on any atom is -0.508 e. The molecule has 2 rings (SSSR count). The molecular weight excluding hydrogens is 166 g/mol. The number of nitrogens with zero attached hydrogens (tertiary/aromatic N) is 3. The molecule has 0 aliphatic carbocycles. The van der Waals surface area contributed by atoms with Crippen molar-refractivity contribution in [3.8, 4) is 11.8 Å². The fourth-order valence-electron chi connectivity index (χ4n) is 1.32. The zero-order chi connectivity index (χ0) is 9.42. The van der Waals surface area contributed by atoms with Crippen molar-refractivity contribution in [2.45, 2.75) is 0 Å². The van der Waals surface area contributed by atoms with E-state index in [-0.39, 0.29) is 5.75 Å². The molecule has 1 N–H and O–H groups in total. The number of benzene rings is 1. The summed E-state index contributed by atoms with van der Waals surface area (Å²) in [4.78, 5) is 0. The fraction of sp³-hybridized carbons (Fsp3) is 0.111. The van der Waals surface area contributed by atoms with Crippen LogP contribution < -0.4 is 0 Å². The predicted octanol–water partition coefficient (Wildman–Crippen LogP) is 1.15. The predicted molar refractivity (Wildman–Crippen MR) is 47.1 cm³/mol. The van der Waals surface area contributed by atoms with E-state index in [1.807, 2.05) is 0 Å². The molecule has 0 radical (unpaired) electrons. The Balaban J connectivity index is 2.88. The van der Waals surface area contributed by atoms with Crippen molar-refractivity contribution in [1.29, 1.82) is 5.26 Å². The van der Waals surface area contributed by atoms with E-state index >= 15 is 0 Å². The average Bonchev–Trinajstić information content (AvgIpc) is 2.39. The molecule has 1 aromatic heterocycles. The van der Waals surface area contributed by atoms with E-state index in [2.05, 4.69) is 11.2 Å². The lowest BCUT2D eigenvalue weighted by atomic mass is 10.2. The number of phenols is 1. The molecule has 0 fully saturated rings. The third kappa shape index (κ3) is 1.02. The van der Waals surface area contributed by atoms with Gasteiger partial charge in [-0.15, -0.1) is 0 Å². The summed E-state index contributed by atoms with van der Waals surface area (Å²) in [5.41, 5.74) is 1.15. The highest BCUT2D eigenvalue weighted by atomic mass is 16.3. The number of nitriles is 1. The molecular formula is C9H7N3O. The van der Waals surface area contributed by atoms with Crippen LogP contribution in [0.5, 0.6) is 5.75 Å². The quantitative estimate of drug-likeness (QED) is 0.650. The van der Waals surface area contributed by atoms with Crippen LogP contribution in [-0.4, -0.2) is 14.9 Å². The monoisotopic (exact) mass is 173 g/mol. The third-order valence-corrected chi connectivity index (χ3v) is 1.92. The maximum Gasteiger partial charge on any atom is 0.146 e. The zero-order valence-electron chi connectivity index (χ0n) is 7.02. The number of hydrogen-bond donors (Lipinski definition) is 1. The summed E-state index contributed by atoms with van der Waals surface area (Å²) >= 11 is 0. The Morgan fingerprint density at radius 1 is 1.54 bits per heavy atom. The summed E-state index contributed by atoms with van der Waals surface area (Å²) in [6.45, 7) is 0. The Morgan fingerprint density at radius 2 is 2.31 bits per heavy atom. The molecule has 0 unspecified atom stereocenters. The zero-order valence-corrected chi connectivity index (χ0v) is 7.02. The van der Waals surface area contributed by atoms with Crippen molar-refractivity contribution in [3.63, 3.8) is 0 Å². The second kappa shape index (κ2) is 2.49. The van der Waals surface area contributed by atoms with E-state index in [1.54, 1.807) is 19.2 Å². The van der Waals surface area contributed by atoms with Gasteiger partial charge in [0.05, 0.1) is 5.52 Å². The van der Waals surface area contributed by atoms with Gasteiger partial charge in [-0.1, -0.05) is 0 Å². The lowest BCUT2D eigenvalue weighted by Crippen LogP contribution is -1.92. The average molecular weight is 173 g/mol. The van der Waals surface area contributed by atoms with Crippen molar-refractivity contribution in [3.05, 3.63) is 23.9 Å². The van der Waals surface area contributed by atoms with Crippen LogP contribution >= 0.6 is 0 Å². The first-order valence-electron chi connectivity index (χ1n) is 3.78. The minimum atomic E-state index is 0.162. The third-order valence-electron chi connectivity index (χ3n) is 1.92. The summed E-state index contributed by atoms with van der Waals surface area (Å²) < 4.78 is 1.50. The Hall–Kier alpha value is -2.02. The maximum atomic E-state index is 9.17. The molecule has 64 valence electrons. The molecule has 1 aromatic carbocycles. The number of fused-ring (bicyclic) bond motifs is 1. The normalized spacial score (nSPS) is 10.2. The number of aromatic nitrogens is 2. The molecule has 2 aromatic rings. The highest BCUT2D eigenvalue weighted by Gasteiger charge is 2.07. The first-order chi connectivity index (χ1) is 6.22. The standard InChI is InChI=1S/C9H7N3O/c1-12-9(5-10)7-3-2-6(13)4-8(7)11-12/h2-4,13H,1H3. The van der Waals surface area contributed by atoms with Gasteiger partial charge in [-0.05, 0) is 12.1 Å². The van der Waals surface area contributed by atoms with Crippen LogP contribution in [0.25, 0.3) is 10.9 Å². The van der Waals surface area contributed by atoms with Gasteiger partial charge >= 0.3 is 0 Å². The van der Waals surface area contributed by atoms with Gasteiger partial charge in [-0.25, -0.2) is 0 Å². The minimum absolute atomic E-state index is 0.162. The smallest absolute Gasteiger partial charge is 0.146 e. The number of hydrogen-bond acceptors (Lipinski definition) is 3. The molecule has 0 atom stereocenters. The second-order valence-corrected chi connectivity index (χ2v) is 2.79. The van der Waals surface area contributed by atoms with Gasteiger partial charge in [0, 0.05) is 18.5 Å². The van der Waals surface area contributed by atoms with Crippen molar-refractivity contribution < 1.29 is 5.11 Å². The largest absolute Gasteiger partial charge is 0.508 e. The van der Waals surface area contributed by atoms with Gasteiger partial charge in [-0.2, -0.15) is 10.4 Å². The Labute approximate surface area is 74.6 Å². The SMILES string of the molecule is Cn1nc2cc(O)ccc2c1C#N. The summed E-state index contributed by atoms with van der Waals surface area (Å²) in [6, 6.07) is 6.83. The van der Waals surface area contributed by atoms with Crippen molar-refractivity contribution in [2.24, 2.45) is 7.05 Å². The lowest BCUT2D eigenvalue weighted by Gasteiger charge is -1.89. The van der Waals surface area contributed by atoms with Gasteiger partial charge < -0.3 is 5.11 Å². The van der Waals surface area contributed by atoms with E-state index in [0.29, 0.717) is 11.2 Å². The molecule has 0 saturated carbocycles. The van der Waals surface area contributed by atoms with E-state index in [4.69, 9.17) is 5.26 Å². The molecule has 1 heterocycles. The van der Waals surface area contributed by atoms with Gasteiger partial charge in [0.15, 0.2) is 0 Å². The molecule has 0 aliphatic heterocycles. The van der Waals surface area contributed by atoms with Crippen LogP contribution in [0.15, 0.2) is 18.2 Å². The molecule has 13 heavy (non-hydrogen) atoms. The topological polar surface area (TPSA) is 61.8 Å². The molecule has 0 spiro atoms. The highest BCUT2D eigenvalue weighted by Crippen LogP contribution is 2.21. The first-order valence-corrected chi connectivity index (χ1v) is 3.78. The fourth-order valence-corrected chi connectivity index (χ4v) is 1.32. The van der Waals surface area contributed by atoms with Gasteiger partial charge in [0.1, 0.15) is 17.5 Å². The van der Waals surface area contributed by atoms with E-state index in [9.17, 15) is 5.11 Å². The van der Waals surface area contributed by atoms with E-state index < -0.39 is 0 Å². The number of aryl methyl sites for hydroxylation is 1. The number of rotatable bonds is 0.